The second-order valence-corrected chi connectivity index (χ2v) is 4.66. The van der Waals surface area contributed by atoms with Gasteiger partial charge in [0.25, 0.3) is 0 Å². The lowest BCUT2D eigenvalue weighted by molar-refractivity contribution is 0.0692. The molecule has 17 heavy (non-hydrogen) atoms. The zero-order chi connectivity index (χ0) is 12.8. The molecule has 1 unspecified atom stereocenters. The van der Waals surface area contributed by atoms with Crippen LogP contribution in [0.2, 0.25) is 0 Å². The number of unbranched alkanes of at least 4 members (excludes halogenated alkanes) is 3. The number of hydrogen-bond donors (Lipinski definition) is 1. The summed E-state index contributed by atoms with van der Waals surface area (Å²) in [6.45, 7) is 7.83. The molecule has 3 nitrogen and oxygen atoms in total. The molecule has 0 aromatic heterocycles. The van der Waals surface area contributed by atoms with Gasteiger partial charge < -0.3 is 14.8 Å². The summed E-state index contributed by atoms with van der Waals surface area (Å²) in [5.41, 5.74) is 0. The summed E-state index contributed by atoms with van der Waals surface area (Å²) in [6, 6.07) is 0.644. The van der Waals surface area contributed by atoms with Crippen LogP contribution >= 0.6 is 0 Å². The van der Waals surface area contributed by atoms with Crippen molar-refractivity contribution in [3.05, 3.63) is 0 Å². The molecule has 104 valence electrons. The lowest BCUT2D eigenvalue weighted by atomic mass is 10.1. The monoisotopic (exact) mass is 245 g/mol. The fourth-order valence-electron chi connectivity index (χ4n) is 1.75. The summed E-state index contributed by atoms with van der Waals surface area (Å²) in [6.07, 6.45) is 7.81. The fraction of sp³-hybridized carbons (Fsp3) is 1.00. The molecule has 0 fully saturated rings. The largest absolute Gasteiger partial charge is 0.382 e. The lowest BCUT2D eigenvalue weighted by Gasteiger charge is -2.13. The maximum Gasteiger partial charge on any atom is 0.0700 e. The van der Waals surface area contributed by atoms with Crippen LogP contribution in [0.5, 0.6) is 0 Å². The molecule has 0 saturated carbocycles. The minimum absolute atomic E-state index is 0.644. The van der Waals surface area contributed by atoms with Crippen molar-refractivity contribution < 1.29 is 9.47 Å². The molecule has 3 heteroatoms. The molecule has 0 aliphatic carbocycles. The molecule has 0 spiro atoms. The van der Waals surface area contributed by atoms with Crippen molar-refractivity contribution in [3.63, 3.8) is 0 Å². The van der Waals surface area contributed by atoms with Crippen LogP contribution in [-0.2, 0) is 9.47 Å². The normalized spacial score (nSPS) is 12.9. The molecular weight excluding hydrogens is 214 g/mol. The molecule has 1 atom stereocenters. The summed E-state index contributed by atoms with van der Waals surface area (Å²) in [4.78, 5) is 0. The number of ether oxygens (including phenoxy) is 2. The first-order chi connectivity index (χ1) is 8.31. The molecule has 0 aromatic carbocycles. The van der Waals surface area contributed by atoms with Crippen LogP contribution in [-0.4, -0.2) is 39.5 Å². The molecule has 0 rings (SSSR count). The fourth-order valence-corrected chi connectivity index (χ4v) is 1.75. The molecule has 0 heterocycles. The van der Waals surface area contributed by atoms with Gasteiger partial charge in [0, 0.05) is 19.8 Å². The van der Waals surface area contributed by atoms with Crippen LogP contribution in [0.3, 0.4) is 0 Å². The van der Waals surface area contributed by atoms with E-state index in [0.29, 0.717) is 19.3 Å². The highest BCUT2D eigenvalue weighted by molar-refractivity contribution is 4.60. The summed E-state index contributed by atoms with van der Waals surface area (Å²) in [7, 11) is 1.70. The summed E-state index contributed by atoms with van der Waals surface area (Å²) in [5.74, 6) is 0. The Bertz CT molecular complexity index is 142. The Balaban J connectivity index is 3.08. The maximum atomic E-state index is 5.40. The molecule has 0 aliphatic heterocycles. The van der Waals surface area contributed by atoms with Gasteiger partial charge in [-0.05, 0) is 26.3 Å². The summed E-state index contributed by atoms with van der Waals surface area (Å²) >= 11 is 0. The van der Waals surface area contributed by atoms with E-state index in [4.69, 9.17) is 9.47 Å². The van der Waals surface area contributed by atoms with E-state index in [0.717, 1.165) is 19.6 Å². The van der Waals surface area contributed by atoms with Crippen LogP contribution in [0, 0.1) is 0 Å². The van der Waals surface area contributed by atoms with E-state index in [1.54, 1.807) is 7.11 Å². The number of methoxy groups -OCH3 is 1. The van der Waals surface area contributed by atoms with Crippen LogP contribution in [0.1, 0.15) is 52.4 Å². The first-order valence-corrected chi connectivity index (χ1v) is 7.11. The number of rotatable bonds is 13. The van der Waals surface area contributed by atoms with Gasteiger partial charge in [-0.15, -0.1) is 0 Å². The summed E-state index contributed by atoms with van der Waals surface area (Å²) < 4.78 is 10.3. The zero-order valence-corrected chi connectivity index (χ0v) is 12.0. The SMILES string of the molecule is CCCCCCC(C)NCCCOCCOC. The first kappa shape index (κ1) is 16.9. The second-order valence-electron chi connectivity index (χ2n) is 4.66. The van der Waals surface area contributed by atoms with Crippen molar-refractivity contribution in [2.75, 3.05) is 33.5 Å². The average molecular weight is 245 g/mol. The molecule has 0 radical (unpaired) electrons. The quantitative estimate of drug-likeness (QED) is 0.506. The topological polar surface area (TPSA) is 30.5 Å². The minimum atomic E-state index is 0.644. The third kappa shape index (κ3) is 13.8. The average Bonchev–Trinajstić information content (AvgIpc) is 2.33. The van der Waals surface area contributed by atoms with Gasteiger partial charge in [-0.25, -0.2) is 0 Å². The molecule has 0 aliphatic rings. The zero-order valence-electron chi connectivity index (χ0n) is 12.0. The molecule has 1 N–H and O–H groups in total. The number of nitrogens with one attached hydrogen (secondary N) is 1. The number of hydrogen-bond acceptors (Lipinski definition) is 3. The van der Waals surface area contributed by atoms with Crippen molar-refractivity contribution in [3.8, 4) is 0 Å². The molecule has 0 bridgehead atoms. The van der Waals surface area contributed by atoms with Gasteiger partial charge in [0.1, 0.15) is 0 Å². The highest BCUT2D eigenvalue weighted by Crippen LogP contribution is 2.05. The molecule has 0 aromatic rings. The second kappa shape index (κ2) is 13.9. The Hall–Kier alpha value is -0.120. The van der Waals surface area contributed by atoms with Gasteiger partial charge in [0.2, 0.25) is 0 Å². The van der Waals surface area contributed by atoms with E-state index >= 15 is 0 Å². The van der Waals surface area contributed by atoms with Crippen LogP contribution in [0.15, 0.2) is 0 Å². The predicted molar refractivity (Wildman–Crippen MR) is 73.5 cm³/mol. The minimum Gasteiger partial charge on any atom is -0.382 e. The van der Waals surface area contributed by atoms with Crippen molar-refractivity contribution in [1.29, 1.82) is 0 Å². The molecule has 0 amide bonds. The Morgan fingerprint density at radius 3 is 2.53 bits per heavy atom. The maximum absolute atomic E-state index is 5.40. The summed E-state index contributed by atoms with van der Waals surface area (Å²) in [5, 5.41) is 3.54. The molecule has 0 saturated heterocycles. The Labute approximate surface area is 107 Å². The van der Waals surface area contributed by atoms with Gasteiger partial charge in [0.05, 0.1) is 13.2 Å². The standard InChI is InChI=1S/C14H31NO2/c1-4-5-6-7-9-14(2)15-10-8-11-17-13-12-16-3/h14-15H,4-13H2,1-3H3. The van der Waals surface area contributed by atoms with E-state index in [2.05, 4.69) is 19.2 Å². The Morgan fingerprint density at radius 2 is 1.82 bits per heavy atom. The predicted octanol–water partition coefficient (Wildman–Crippen LogP) is 2.99. The smallest absolute Gasteiger partial charge is 0.0700 e. The van der Waals surface area contributed by atoms with E-state index in [1.165, 1.54) is 32.1 Å². The third-order valence-electron chi connectivity index (χ3n) is 2.88. The van der Waals surface area contributed by atoms with Gasteiger partial charge in [-0.1, -0.05) is 32.6 Å². The van der Waals surface area contributed by atoms with Gasteiger partial charge in [-0.3, -0.25) is 0 Å². The van der Waals surface area contributed by atoms with E-state index in [9.17, 15) is 0 Å². The third-order valence-corrected chi connectivity index (χ3v) is 2.88. The van der Waals surface area contributed by atoms with Gasteiger partial charge in [0.15, 0.2) is 0 Å². The van der Waals surface area contributed by atoms with E-state index in [1.807, 2.05) is 0 Å². The van der Waals surface area contributed by atoms with Gasteiger partial charge in [-0.2, -0.15) is 0 Å². The van der Waals surface area contributed by atoms with Crippen molar-refractivity contribution >= 4 is 0 Å². The highest BCUT2D eigenvalue weighted by atomic mass is 16.5. The van der Waals surface area contributed by atoms with Crippen LogP contribution in [0.4, 0.5) is 0 Å². The van der Waals surface area contributed by atoms with Crippen molar-refractivity contribution in [2.24, 2.45) is 0 Å². The van der Waals surface area contributed by atoms with Crippen molar-refractivity contribution in [1.82, 2.24) is 5.32 Å². The Morgan fingerprint density at radius 1 is 1.00 bits per heavy atom. The lowest BCUT2D eigenvalue weighted by Crippen LogP contribution is -2.27. The van der Waals surface area contributed by atoms with Crippen LogP contribution < -0.4 is 5.32 Å². The van der Waals surface area contributed by atoms with E-state index < -0.39 is 0 Å². The van der Waals surface area contributed by atoms with Crippen molar-refractivity contribution in [2.45, 2.75) is 58.4 Å². The van der Waals surface area contributed by atoms with Gasteiger partial charge >= 0.3 is 0 Å². The van der Waals surface area contributed by atoms with E-state index in [-0.39, 0.29) is 0 Å². The Kier molecular flexibility index (Phi) is 13.8. The highest BCUT2D eigenvalue weighted by Gasteiger charge is 2.00. The first-order valence-electron chi connectivity index (χ1n) is 7.11. The molecular formula is C14H31NO2. The van der Waals surface area contributed by atoms with Crippen LogP contribution in [0.25, 0.3) is 0 Å².